The van der Waals surface area contributed by atoms with E-state index in [1.54, 1.807) is 6.92 Å². The Bertz CT molecular complexity index is 419. The van der Waals surface area contributed by atoms with E-state index in [2.05, 4.69) is 26.6 Å². The minimum Gasteiger partial charge on any atom is -0.378 e. The van der Waals surface area contributed by atoms with Crippen LogP contribution < -0.4 is 5.32 Å². The molecule has 0 unspecified atom stereocenters. The van der Waals surface area contributed by atoms with Gasteiger partial charge in [0.1, 0.15) is 5.95 Å². The molecule has 0 amide bonds. The van der Waals surface area contributed by atoms with Crippen molar-refractivity contribution in [3.8, 4) is 0 Å². The number of anilines is 2. The minimum absolute atomic E-state index is 0. The standard InChI is InChI=1S/C10H9N4.Y/c1-8-11-7-12-10(13-8)14-9-5-3-2-4-6-9;/h2-6H,1H3,(H,11,12,13,14);/q-1;. The molecular weight excluding hydrogens is 265 g/mol. The first kappa shape index (κ1) is 12.2. The molecule has 4 nitrogen and oxygen atoms in total. The van der Waals surface area contributed by atoms with Gasteiger partial charge in [0.15, 0.2) is 0 Å². The second kappa shape index (κ2) is 5.88. The summed E-state index contributed by atoms with van der Waals surface area (Å²) in [6, 6.07) is 9.73. The van der Waals surface area contributed by atoms with Crippen LogP contribution in [0.25, 0.3) is 0 Å². The average molecular weight is 274 g/mol. The van der Waals surface area contributed by atoms with Gasteiger partial charge in [-0.25, -0.2) is 0 Å². The van der Waals surface area contributed by atoms with Crippen molar-refractivity contribution in [1.82, 2.24) is 15.0 Å². The van der Waals surface area contributed by atoms with Crippen LogP contribution in [0.2, 0.25) is 0 Å². The predicted octanol–water partition coefficient (Wildman–Crippen LogP) is 1.72. The third kappa shape index (κ3) is 3.65. The smallest absolute Gasteiger partial charge is 0.113 e. The largest absolute Gasteiger partial charge is 0.378 e. The molecular formula is C10H9N4Y-. The van der Waals surface area contributed by atoms with Gasteiger partial charge in [-0.2, -0.15) is 0 Å². The summed E-state index contributed by atoms with van der Waals surface area (Å²) in [5.41, 5.74) is 0.950. The van der Waals surface area contributed by atoms with Gasteiger partial charge in [-0.15, -0.1) is 0 Å². The van der Waals surface area contributed by atoms with E-state index in [0.717, 1.165) is 5.69 Å². The summed E-state index contributed by atoms with van der Waals surface area (Å²) >= 11 is 0. The van der Waals surface area contributed by atoms with E-state index >= 15 is 0 Å². The number of aromatic nitrogens is 3. The molecule has 73 valence electrons. The molecule has 0 fully saturated rings. The van der Waals surface area contributed by atoms with Crippen LogP contribution in [0.15, 0.2) is 30.3 Å². The van der Waals surface area contributed by atoms with E-state index in [9.17, 15) is 0 Å². The molecule has 0 saturated heterocycles. The summed E-state index contributed by atoms with van der Waals surface area (Å²) in [6.07, 6.45) is 2.52. The monoisotopic (exact) mass is 274 g/mol. The molecule has 0 aliphatic carbocycles. The van der Waals surface area contributed by atoms with Crippen LogP contribution in [0.5, 0.6) is 0 Å². The van der Waals surface area contributed by atoms with Gasteiger partial charge in [0.25, 0.3) is 0 Å². The maximum atomic E-state index is 4.10. The van der Waals surface area contributed by atoms with Gasteiger partial charge in [0.05, 0.1) is 0 Å². The van der Waals surface area contributed by atoms with Gasteiger partial charge in [-0.3, -0.25) is 0 Å². The summed E-state index contributed by atoms with van der Waals surface area (Å²) in [5.74, 6) is 1.17. The fraction of sp³-hybridized carbons (Fsp3) is 0.100. The number of hydrogen-bond acceptors (Lipinski definition) is 4. The normalized spacial score (nSPS) is 9.13. The quantitative estimate of drug-likeness (QED) is 0.847. The molecule has 5 heteroatoms. The number of benzene rings is 1. The zero-order chi connectivity index (χ0) is 9.80. The SMILES string of the molecule is Cc1n[c-]nc(Nc2ccccc2)n1.[Y]. The molecule has 0 spiro atoms. The van der Waals surface area contributed by atoms with Crippen molar-refractivity contribution in [3.63, 3.8) is 0 Å². The summed E-state index contributed by atoms with van der Waals surface area (Å²) < 4.78 is 0. The van der Waals surface area contributed by atoms with Gasteiger partial charge in [-0.05, 0) is 12.1 Å². The first-order valence-electron chi connectivity index (χ1n) is 4.25. The molecule has 1 aromatic carbocycles. The van der Waals surface area contributed by atoms with Crippen LogP contribution in [0.1, 0.15) is 5.82 Å². The van der Waals surface area contributed by atoms with Crippen molar-refractivity contribution in [3.05, 3.63) is 42.5 Å². The molecule has 0 aliphatic rings. The molecule has 2 rings (SSSR count). The fourth-order valence-corrected chi connectivity index (χ4v) is 1.05. The molecule has 1 N–H and O–H groups in total. The van der Waals surface area contributed by atoms with E-state index < -0.39 is 0 Å². The molecule has 1 heterocycles. The minimum atomic E-state index is 0. The average Bonchev–Trinajstić information content (AvgIpc) is 2.19. The molecule has 0 aliphatic heterocycles. The van der Waals surface area contributed by atoms with Crippen molar-refractivity contribution in [2.45, 2.75) is 6.92 Å². The zero-order valence-electron chi connectivity index (χ0n) is 8.31. The molecule has 0 bridgehead atoms. The number of para-hydroxylation sites is 1. The number of rotatable bonds is 2. The van der Waals surface area contributed by atoms with Crippen molar-refractivity contribution in [2.75, 3.05) is 5.32 Å². The first-order valence-corrected chi connectivity index (χ1v) is 4.25. The topological polar surface area (TPSA) is 50.7 Å². The fourth-order valence-electron chi connectivity index (χ4n) is 1.05. The number of nitrogens with one attached hydrogen (secondary N) is 1. The maximum absolute atomic E-state index is 4.10. The van der Waals surface area contributed by atoms with Crippen LogP contribution in [-0.4, -0.2) is 15.0 Å². The number of hydrogen-bond donors (Lipinski definition) is 1. The van der Waals surface area contributed by atoms with Gasteiger partial charge >= 0.3 is 0 Å². The summed E-state index contributed by atoms with van der Waals surface area (Å²) in [5, 5.41) is 3.05. The third-order valence-electron chi connectivity index (χ3n) is 1.67. The van der Waals surface area contributed by atoms with E-state index in [1.165, 1.54) is 0 Å². The van der Waals surface area contributed by atoms with E-state index in [0.29, 0.717) is 11.8 Å². The summed E-state index contributed by atoms with van der Waals surface area (Å²) in [7, 11) is 0. The van der Waals surface area contributed by atoms with Crippen LogP contribution in [-0.2, 0) is 32.7 Å². The van der Waals surface area contributed by atoms with Crippen LogP contribution >= 0.6 is 0 Å². The van der Waals surface area contributed by atoms with Crippen molar-refractivity contribution in [1.29, 1.82) is 0 Å². The maximum Gasteiger partial charge on any atom is 0.113 e. The first-order chi connectivity index (χ1) is 6.84. The Balaban J connectivity index is 0.00000112. The summed E-state index contributed by atoms with van der Waals surface area (Å²) in [4.78, 5) is 11.8. The molecule has 1 radical (unpaired) electrons. The van der Waals surface area contributed by atoms with Crippen LogP contribution in [0.4, 0.5) is 11.6 Å². The molecule has 1 aromatic heterocycles. The second-order valence-corrected chi connectivity index (χ2v) is 2.80. The van der Waals surface area contributed by atoms with Gasteiger partial charge < -0.3 is 20.3 Å². The Morgan fingerprint density at radius 2 is 1.87 bits per heavy atom. The zero-order valence-corrected chi connectivity index (χ0v) is 11.1. The van der Waals surface area contributed by atoms with Gasteiger partial charge in [0.2, 0.25) is 0 Å². The molecule has 0 atom stereocenters. The van der Waals surface area contributed by atoms with Crippen LogP contribution in [0.3, 0.4) is 0 Å². The van der Waals surface area contributed by atoms with E-state index in [4.69, 9.17) is 0 Å². The number of aryl methyl sites for hydroxylation is 1. The second-order valence-electron chi connectivity index (χ2n) is 2.80. The Hall–Kier alpha value is -0.866. The Morgan fingerprint density at radius 3 is 2.53 bits per heavy atom. The molecule has 0 saturated carbocycles. The van der Waals surface area contributed by atoms with Crippen molar-refractivity contribution in [2.24, 2.45) is 0 Å². The van der Waals surface area contributed by atoms with Crippen LogP contribution in [0, 0.1) is 13.3 Å². The van der Waals surface area contributed by atoms with Gasteiger partial charge in [-0.1, -0.05) is 25.1 Å². The third-order valence-corrected chi connectivity index (χ3v) is 1.67. The van der Waals surface area contributed by atoms with Crippen molar-refractivity contribution < 1.29 is 32.7 Å². The van der Waals surface area contributed by atoms with Gasteiger partial charge in [0, 0.05) is 50.5 Å². The Kier molecular flexibility index (Phi) is 4.78. The predicted molar refractivity (Wildman–Crippen MR) is 53.1 cm³/mol. The van der Waals surface area contributed by atoms with E-state index in [-0.39, 0.29) is 32.7 Å². The Morgan fingerprint density at radius 1 is 1.13 bits per heavy atom. The van der Waals surface area contributed by atoms with E-state index in [1.807, 2.05) is 30.3 Å². The molecule has 2 aromatic rings. The Labute approximate surface area is 113 Å². The molecule has 15 heavy (non-hydrogen) atoms. The summed E-state index contributed by atoms with van der Waals surface area (Å²) in [6.45, 7) is 1.80. The number of nitrogens with zero attached hydrogens (tertiary/aromatic N) is 3. The van der Waals surface area contributed by atoms with Crippen molar-refractivity contribution >= 4 is 11.6 Å².